The molecular formula is C18H25F2N3O2. The van der Waals surface area contributed by atoms with E-state index in [1.807, 2.05) is 24.3 Å². The monoisotopic (exact) mass is 353 g/mol. The number of benzene rings is 1. The molecule has 1 atom stereocenters. The number of amides is 2. The molecule has 7 heteroatoms. The number of hydrogen-bond acceptors (Lipinski definition) is 3. The first-order valence-electron chi connectivity index (χ1n) is 8.86. The molecule has 1 unspecified atom stereocenters. The van der Waals surface area contributed by atoms with Gasteiger partial charge in [0.05, 0.1) is 19.2 Å². The van der Waals surface area contributed by atoms with Crippen molar-refractivity contribution in [2.45, 2.75) is 44.2 Å². The predicted octanol–water partition coefficient (Wildman–Crippen LogP) is 2.59. The lowest BCUT2D eigenvalue weighted by Gasteiger charge is -2.31. The fourth-order valence-electron chi connectivity index (χ4n) is 3.67. The second kappa shape index (κ2) is 7.56. The molecule has 0 aliphatic carbocycles. The van der Waals surface area contributed by atoms with Crippen LogP contribution < -0.4 is 10.2 Å². The number of aliphatic hydroxyl groups is 1. The van der Waals surface area contributed by atoms with Gasteiger partial charge in [-0.05, 0) is 30.9 Å². The van der Waals surface area contributed by atoms with Crippen molar-refractivity contribution in [3.05, 3.63) is 29.8 Å². The first kappa shape index (κ1) is 17.9. The second-order valence-electron chi connectivity index (χ2n) is 6.86. The number of carbonyl (C=O) groups is 1. The molecule has 138 valence electrons. The molecule has 0 spiro atoms. The maximum Gasteiger partial charge on any atom is 0.318 e. The van der Waals surface area contributed by atoms with Crippen LogP contribution in [0.3, 0.4) is 0 Å². The standard InChI is InChI=1S/C18H25F2N3O2/c19-18(20)10-15(12-24)23(13-18)17(25)21-11-14-6-2-3-7-16(14)22-8-4-1-5-9-22/h2-3,6-7,15,24H,1,4-5,8-13H2,(H,21,25). The van der Waals surface area contributed by atoms with E-state index in [0.29, 0.717) is 0 Å². The normalized spacial score (nSPS) is 22.9. The number of likely N-dealkylation sites (tertiary alicyclic amines) is 1. The lowest BCUT2D eigenvalue weighted by Crippen LogP contribution is -2.44. The van der Waals surface area contributed by atoms with Crippen molar-refractivity contribution in [3.63, 3.8) is 0 Å². The number of piperidine rings is 1. The first-order valence-corrected chi connectivity index (χ1v) is 8.86. The van der Waals surface area contributed by atoms with Crippen molar-refractivity contribution in [1.82, 2.24) is 10.2 Å². The fourth-order valence-corrected chi connectivity index (χ4v) is 3.67. The molecule has 0 saturated carbocycles. The molecule has 0 radical (unpaired) electrons. The van der Waals surface area contributed by atoms with Crippen LogP contribution in [0.15, 0.2) is 24.3 Å². The summed E-state index contributed by atoms with van der Waals surface area (Å²) >= 11 is 0. The van der Waals surface area contributed by atoms with Crippen LogP contribution in [0.25, 0.3) is 0 Å². The summed E-state index contributed by atoms with van der Waals surface area (Å²) in [5.41, 5.74) is 2.07. The third-order valence-corrected chi connectivity index (χ3v) is 4.97. The molecule has 2 aliphatic heterocycles. The second-order valence-corrected chi connectivity index (χ2v) is 6.86. The first-order chi connectivity index (χ1) is 12.0. The van der Waals surface area contributed by atoms with Gasteiger partial charge in [-0.25, -0.2) is 13.6 Å². The summed E-state index contributed by atoms with van der Waals surface area (Å²) in [7, 11) is 0. The van der Waals surface area contributed by atoms with Gasteiger partial charge in [0.1, 0.15) is 0 Å². The van der Waals surface area contributed by atoms with Gasteiger partial charge in [-0.15, -0.1) is 0 Å². The van der Waals surface area contributed by atoms with Crippen LogP contribution in [0.4, 0.5) is 19.3 Å². The van der Waals surface area contributed by atoms with Gasteiger partial charge in [-0.2, -0.15) is 0 Å². The Morgan fingerprint density at radius 1 is 1.24 bits per heavy atom. The lowest BCUT2D eigenvalue weighted by molar-refractivity contribution is 0.0141. The highest BCUT2D eigenvalue weighted by Crippen LogP contribution is 2.32. The number of halogens is 2. The van der Waals surface area contributed by atoms with E-state index in [2.05, 4.69) is 10.2 Å². The van der Waals surface area contributed by atoms with E-state index >= 15 is 0 Å². The number of hydrogen-bond donors (Lipinski definition) is 2. The number of anilines is 1. The SMILES string of the molecule is O=C(NCc1ccccc1N1CCCCC1)N1CC(F)(F)CC1CO. The Balaban J connectivity index is 1.64. The third kappa shape index (κ3) is 4.21. The summed E-state index contributed by atoms with van der Waals surface area (Å²) in [4.78, 5) is 15.7. The van der Waals surface area contributed by atoms with E-state index < -0.39 is 37.6 Å². The van der Waals surface area contributed by atoms with Crippen LogP contribution in [-0.2, 0) is 6.54 Å². The van der Waals surface area contributed by atoms with Crippen LogP contribution in [0.1, 0.15) is 31.2 Å². The molecule has 2 aliphatic rings. The maximum atomic E-state index is 13.5. The zero-order valence-corrected chi connectivity index (χ0v) is 14.3. The number of nitrogens with zero attached hydrogens (tertiary/aromatic N) is 2. The van der Waals surface area contributed by atoms with Crippen LogP contribution in [0.5, 0.6) is 0 Å². The number of aliphatic hydroxyl groups excluding tert-OH is 1. The van der Waals surface area contributed by atoms with Crippen LogP contribution >= 0.6 is 0 Å². The number of carbonyl (C=O) groups excluding carboxylic acids is 1. The molecule has 2 saturated heterocycles. The molecule has 1 aromatic carbocycles. The molecule has 0 bridgehead atoms. The van der Waals surface area contributed by atoms with Crippen molar-refractivity contribution in [1.29, 1.82) is 0 Å². The van der Waals surface area contributed by atoms with E-state index in [1.165, 1.54) is 6.42 Å². The van der Waals surface area contributed by atoms with Gasteiger partial charge in [0.2, 0.25) is 0 Å². The zero-order chi connectivity index (χ0) is 17.9. The number of alkyl halides is 2. The van der Waals surface area contributed by atoms with Crippen molar-refractivity contribution in [2.24, 2.45) is 0 Å². The minimum Gasteiger partial charge on any atom is -0.394 e. The molecule has 1 aromatic rings. The van der Waals surface area contributed by atoms with E-state index in [0.717, 1.165) is 42.1 Å². The average Bonchev–Trinajstić information content (AvgIpc) is 2.95. The Morgan fingerprint density at radius 3 is 2.68 bits per heavy atom. The molecule has 2 fully saturated rings. The fraction of sp³-hybridized carbons (Fsp3) is 0.611. The van der Waals surface area contributed by atoms with E-state index in [1.54, 1.807) is 0 Å². The number of nitrogens with one attached hydrogen (secondary N) is 1. The summed E-state index contributed by atoms with van der Waals surface area (Å²) < 4.78 is 27.0. The summed E-state index contributed by atoms with van der Waals surface area (Å²) in [6.45, 7) is 1.18. The number of urea groups is 1. The maximum absolute atomic E-state index is 13.5. The van der Waals surface area contributed by atoms with E-state index in [9.17, 15) is 18.7 Å². The van der Waals surface area contributed by atoms with E-state index in [4.69, 9.17) is 0 Å². The van der Waals surface area contributed by atoms with E-state index in [-0.39, 0.29) is 6.54 Å². The third-order valence-electron chi connectivity index (χ3n) is 4.97. The number of para-hydroxylation sites is 1. The molecule has 2 amide bonds. The molecular weight excluding hydrogens is 328 g/mol. The van der Waals surface area contributed by atoms with Gasteiger partial charge in [-0.3, -0.25) is 0 Å². The average molecular weight is 353 g/mol. The highest BCUT2D eigenvalue weighted by atomic mass is 19.3. The number of rotatable bonds is 4. The predicted molar refractivity (Wildman–Crippen MR) is 91.9 cm³/mol. The zero-order valence-electron chi connectivity index (χ0n) is 14.3. The lowest BCUT2D eigenvalue weighted by atomic mass is 10.1. The Bertz CT molecular complexity index is 606. The highest BCUT2D eigenvalue weighted by Gasteiger charge is 2.46. The minimum absolute atomic E-state index is 0.283. The highest BCUT2D eigenvalue weighted by molar-refractivity contribution is 5.75. The summed E-state index contributed by atoms with van der Waals surface area (Å²) in [5, 5.41) is 12.0. The van der Waals surface area contributed by atoms with Gasteiger partial charge in [0, 0.05) is 31.7 Å². The van der Waals surface area contributed by atoms with Crippen molar-refractivity contribution < 1.29 is 18.7 Å². The topological polar surface area (TPSA) is 55.8 Å². The summed E-state index contributed by atoms with van der Waals surface area (Å²) in [6.07, 6.45) is 3.06. The van der Waals surface area contributed by atoms with Crippen LogP contribution in [0.2, 0.25) is 0 Å². The molecule has 3 rings (SSSR count). The molecule has 0 aromatic heterocycles. The van der Waals surface area contributed by atoms with Crippen molar-refractivity contribution in [3.8, 4) is 0 Å². The Kier molecular flexibility index (Phi) is 5.42. The molecule has 5 nitrogen and oxygen atoms in total. The van der Waals surface area contributed by atoms with Crippen molar-refractivity contribution in [2.75, 3.05) is 31.1 Å². The van der Waals surface area contributed by atoms with Gasteiger partial charge < -0.3 is 20.2 Å². The van der Waals surface area contributed by atoms with Crippen LogP contribution in [0, 0.1) is 0 Å². The molecule has 25 heavy (non-hydrogen) atoms. The van der Waals surface area contributed by atoms with Gasteiger partial charge in [0.25, 0.3) is 5.92 Å². The van der Waals surface area contributed by atoms with Gasteiger partial charge in [-0.1, -0.05) is 18.2 Å². The smallest absolute Gasteiger partial charge is 0.318 e. The summed E-state index contributed by atoms with van der Waals surface area (Å²) in [5.74, 6) is -2.93. The Labute approximate surface area is 146 Å². The largest absolute Gasteiger partial charge is 0.394 e. The summed E-state index contributed by atoms with van der Waals surface area (Å²) in [6, 6.07) is 6.49. The van der Waals surface area contributed by atoms with Gasteiger partial charge in [0.15, 0.2) is 0 Å². The molecule has 2 heterocycles. The van der Waals surface area contributed by atoms with Gasteiger partial charge >= 0.3 is 6.03 Å². The minimum atomic E-state index is -2.93. The Morgan fingerprint density at radius 2 is 1.96 bits per heavy atom. The van der Waals surface area contributed by atoms with Crippen molar-refractivity contribution >= 4 is 11.7 Å². The quantitative estimate of drug-likeness (QED) is 0.875. The molecule has 2 N–H and O–H groups in total. The Hall–Kier alpha value is -1.89. The van der Waals surface area contributed by atoms with Crippen LogP contribution in [-0.4, -0.2) is 54.2 Å².